The SMILES string of the molecule is Cc1ccc(C(=O)c2ccc(CC(=O)N=Nc3c(O)[nH]c4ccc(OC(F)(F)F)cc34)n2C)cc1. The number of rotatable bonds is 6. The number of aromatic amines is 1. The first-order valence-corrected chi connectivity index (χ1v) is 10.3. The summed E-state index contributed by atoms with van der Waals surface area (Å²) in [5, 5.41) is 17.5. The lowest BCUT2D eigenvalue weighted by Crippen LogP contribution is -2.16. The molecule has 0 aliphatic rings. The minimum Gasteiger partial charge on any atom is -0.493 e. The number of alkyl halides is 3. The lowest BCUT2D eigenvalue weighted by Gasteiger charge is -2.08. The highest BCUT2D eigenvalue weighted by atomic mass is 19.4. The van der Waals surface area contributed by atoms with Crippen LogP contribution in [0.4, 0.5) is 18.9 Å². The Hall–Kier alpha value is -4.41. The first kappa shape index (κ1) is 23.7. The molecule has 2 aromatic heterocycles. The van der Waals surface area contributed by atoms with Gasteiger partial charge < -0.3 is 19.4 Å². The molecule has 0 aliphatic heterocycles. The van der Waals surface area contributed by atoms with Gasteiger partial charge in [0.15, 0.2) is 5.69 Å². The van der Waals surface area contributed by atoms with E-state index in [1.807, 2.05) is 19.1 Å². The van der Waals surface area contributed by atoms with Crippen molar-refractivity contribution in [3.8, 4) is 11.6 Å². The van der Waals surface area contributed by atoms with Crippen LogP contribution in [-0.2, 0) is 18.3 Å². The molecule has 0 bridgehead atoms. The molecular formula is C24H19F3N4O4. The van der Waals surface area contributed by atoms with E-state index in [4.69, 9.17) is 0 Å². The Morgan fingerprint density at radius 1 is 1.09 bits per heavy atom. The quantitative estimate of drug-likeness (QED) is 0.278. The predicted molar refractivity (Wildman–Crippen MR) is 120 cm³/mol. The first-order chi connectivity index (χ1) is 16.5. The van der Waals surface area contributed by atoms with E-state index in [-0.39, 0.29) is 28.8 Å². The molecule has 0 spiro atoms. The summed E-state index contributed by atoms with van der Waals surface area (Å²) >= 11 is 0. The number of nitrogens with one attached hydrogen (secondary N) is 1. The van der Waals surface area contributed by atoms with Gasteiger partial charge in [0.05, 0.1) is 17.6 Å². The normalized spacial score (nSPS) is 11.9. The summed E-state index contributed by atoms with van der Waals surface area (Å²) in [5.41, 5.74) is 2.50. The van der Waals surface area contributed by atoms with Gasteiger partial charge in [-0.3, -0.25) is 9.59 Å². The second-order valence-electron chi connectivity index (χ2n) is 7.81. The predicted octanol–water partition coefficient (Wildman–Crippen LogP) is 5.50. The Morgan fingerprint density at radius 2 is 1.80 bits per heavy atom. The Labute approximate surface area is 196 Å². The molecule has 0 fully saturated rings. The number of amides is 1. The van der Waals surface area contributed by atoms with E-state index >= 15 is 0 Å². The number of ether oxygens (including phenoxy) is 1. The van der Waals surface area contributed by atoms with Crippen LogP contribution in [0, 0.1) is 6.92 Å². The number of hydrogen-bond acceptors (Lipinski definition) is 5. The molecule has 0 saturated carbocycles. The zero-order valence-corrected chi connectivity index (χ0v) is 18.6. The average molecular weight is 484 g/mol. The molecule has 35 heavy (non-hydrogen) atoms. The van der Waals surface area contributed by atoms with Crippen molar-refractivity contribution in [3.05, 3.63) is 77.1 Å². The lowest BCUT2D eigenvalue weighted by atomic mass is 10.1. The number of fused-ring (bicyclic) bond motifs is 1. The summed E-state index contributed by atoms with van der Waals surface area (Å²) in [5.74, 6) is -1.86. The molecule has 4 rings (SSSR count). The van der Waals surface area contributed by atoms with E-state index < -0.39 is 23.9 Å². The molecule has 0 saturated heterocycles. The minimum absolute atomic E-state index is 0.0886. The fourth-order valence-electron chi connectivity index (χ4n) is 3.55. The number of aryl methyl sites for hydroxylation is 1. The molecule has 11 heteroatoms. The maximum Gasteiger partial charge on any atom is 0.573 e. The Kier molecular flexibility index (Phi) is 6.16. The molecule has 2 heterocycles. The van der Waals surface area contributed by atoms with Crippen LogP contribution in [0.25, 0.3) is 10.9 Å². The number of H-pyrrole nitrogens is 1. The third-order valence-corrected chi connectivity index (χ3v) is 5.32. The second-order valence-corrected chi connectivity index (χ2v) is 7.81. The van der Waals surface area contributed by atoms with Gasteiger partial charge in [-0.1, -0.05) is 29.8 Å². The van der Waals surface area contributed by atoms with E-state index in [0.29, 0.717) is 17.0 Å². The number of benzene rings is 2. The molecule has 180 valence electrons. The molecule has 2 N–H and O–H groups in total. The summed E-state index contributed by atoms with van der Waals surface area (Å²) < 4.78 is 43.0. The van der Waals surface area contributed by atoms with E-state index in [2.05, 4.69) is 19.9 Å². The van der Waals surface area contributed by atoms with Crippen LogP contribution in [0.3, 0.4) is 0 Å². The van der Waals surface area contributed by atoms with Crippen molar-refractivity contribution in [1.29, 1.82) is 0 Å². The smallest absolute Gasteiger partial charge is 0.493 e. The zero-order chi connectivity index (χ0) is 25.3. The fraction of sp³-hybridized carbons (Fsp3) is 0.167. The molecule has 0 aliphatic carbocycles. The van der Waals surface area contributed by atoms with Crippen LogP contribution in [0.5, 0.6) is 11.6 Å². The number of ketones is 1. The molecule has 0 radical (unpaired) electrons. The van der Waals surface area contributed by atoms with Crippen molar-refractivity contribution in [2.24, 2.45) is 17.3 Å². The summed E-state index contributed by atoms with van der Waals surface area (Å²) in [6.07, 6.45) is -5.08. The monoisotopic (exact) mass is 484 g/mol. The number of carbonyl (C=O) groups is 2. The van der Waals surface area contributed by atoms with Crippen molar-refractivity contribution in [3.63, 3.8) is 0 Å². The maximum atomic E-state index is 12.8. The standard InChI is InChI=1S/C24H19F3N4O4/c1-13-3-5-14(6-4-13)22(33)19-10-7-15(31(19)2)11-20(32)29-30-21-17-12-16(35-24(25,26)27)8-9-18(17)28-23(21)34/h3-10,12,28,34H,11H2,1-2H3. The number of azo groups is 1. The zero-order valence-electron chi connectivity index (χ0n) is 18.6. The summed E-state index contributed by atoms with van der Waals surface area (Å²) in [6.45, 7) is 1.92. The molecule has 2 aromatic carbocycles. The van der Waals surface area contributed by atoms with E-state index in [9.17, 15) is 27.9 Å². The molecular weight excluding hydrogens is 465 g/mol. The van der Waals surface area contributed by atoms with Gasteiger partial charge in [0, 0.05) is 23.7 Å². The van der Waals surface area contributed by atoms with Gasteiger partial charge in [-0.2, -0.15) is 0 Å². The second kappa shape index (κ2) is 9.09. The molecule has 0 atom stereocenters. The topological polar surface area (TPSA) is 109 Å². The molecule has 4 aromatic rings. The van der Waals surface area contributed by atoms with Crippen LogP contribution in [-0.4, -0.2) is 32.7 Å². The van der Waals surface area contributed by atoms with Crippen molar-refractivity contribution >= 4 is 28.3 Å². The van der Waals surface area contributed by atoms with Gasteiger partial charge in [-0.25, -0.2) is 0 Å². The van der Waals surface area contributed by atoms with Gasteiger partial charge in [0.2, 0.25) is 11.7 Å². The van der Waals surface area contributed by atoms with Gasteiger partial charge >= 0.3 is 6.36 Å². The van der Waals surface area contributed by atoms with Crippen LogP contribution in [0.1, 0.15) is 27.3 Å². The highest BCUT2D eigenvalue weighted by molar-refractivity contribution is 6.08. The Morgan fingerprint density at radius 3 is 2.49 bits per heavy atom. The number of nitrogens with zero attached hydrogens (tertiary/aromatic N) is 3. The first-order valence-electron chi connectivity index (χ1n) is 10.3. The molecule has 8 nitrogen and oxygen atoms in total. The minimum atomic E-state index is -4.89. The number of carbonyl (C=O) groups excluding carboxylic acids is 2. The molecule has 0 unspecified atom stereocenters. The number of halogens is 3. The Balaban J connectivity index is 1.52. The van der Waals surface area contributed by atoms with Crippen LogP contribution >= 0.6 is 0 Å². The van der Waals surface area contributed by atoms with Crippen LogP contribution in [0.2, 0.25) is 0 Å². The van der Waals surface area contributed by atoms with Crippen molar-refractivity contribution < 1.29 is 32.6 Å². The third kappa shape index (κ3) is 5.24. The van der Waals surface area contributed by atoms with Crippen molar-refractivity contribution in [2.45, 2.75) is 19.7 Å². The van der Waals surface area contributed by atoms with Crippen molar-refractivity contribution in [2.75, 3.05) is 0 Å². The fourth-order valence-corrected chi connectivity index (χ4v) is 3.55. The van der Waals surface area contributed by atoms with Gasteiger partial charge in [0.1, 0.15) is 5.75 Å². The summed E-state index contributed by atoms with van der Waals surface area (Å²) in [7, 11) is 1.65. The maximum absolute atomic E-state index is 12.8. The highest BCUT2D eigenvalue weighted by Gasteiger charge is 2.31. The van der Waals surface area contributed by atoms with Crippen LogP contribution < -0.4 is 4.74 Å². The van der Waals surface area contributed by atoms with Crippen molar-refractivity contribution in [1.82, 2.24) is 9.55 Å². The largest absolute Gasteiger partial charge is 0.573 e. The van der Waals surface area contributed by atoms with E-state index in [1.165, 1.54) is 6.07 Å². The summed E-state index contributed by atoms with van der Waals surface area (Å²) in [4.78, 5) is 27.7. The number of aromatic nitrogens is 2. The average Bonchev–Trinajstić information content (AvgIpc) is 3.29. The van der Waals surface area contributed by atoms with Gasteiger partial charge in [0.25, 0.3) is 5.91 Å². The van der Waals surface area contributed by atoms with E-state index in [1.54, 1.807) is 35.9 Å². The van der Waals surface area contributed by atoms with Crippen LogP contribution in [0.15, 0.2) is 64.8 Å². The third-order valence-electron chi connectivity index (χ3n) is 5.32. The number of aromatic hydroxyl groups is 1. The highest BCUT2D eigenvalue weighted by Crippen LogP contribution is 2.38. The molecule has 1 amide bonds. The van der Waals surface area contributed by atoms with E-state index in [0.717, 1.165) is 17.7 Å². The van der Waals surface area contributed by atoms with Gasteiger partial charge in [-0.15, -0.1) is 23.4 Å². The summed E-state index contributed by atoms with van der Waals surface area (Å²) in [6, 6.07) is 13.7. The Bertz CT molecular complexity index is 1450. The lowest BCUT2D eigenvalue weighted by molar-refractivity contribution is -0.274. The number of hydrogen-bond donors (Lipinski definition) is 2. The van der Waals surface area contributed by atoms with Gasteiger partial charge in [-0.05, 0) is 37.3 Å².